The Morgan fingerprint density at radius 1 is 1.04 bits per heavy atom. The predicted octanol–water partition coefficient (Wildman–Crippen LogP) is 6.24. The number of rotatable bonds is 3. The van der Waals surface area contributed by atoms with E-state index in [0.29, 0.717) is 0 Å². The van der Waals surface area contributed by atoms with Crippen molar-refractivity contribution in [1.82, 2.24) is 14.1 Å². The van der Waals surface area contributed by atoms with E-state index in [0.717, 1.165) is 33.6 Å². The zero-order valence-corrected chi connectivity index (χ0v) is 17.5. The number of aromatic nitrogens is 3. The minimum atomic E-state index is -0.0349. The number of pyridine rings is 1. The van der Waals surface area contributed by atoms with Crippen LogP contribution in [0.5, 0.6) is 0 Å². The number of fused-ring (bicyclic) bond motifs is 1. The fourth-order valence-corrected chi connectivity index (χ4v) is 3.36. The lowest BCUT2D eigenvalue weighted by molar-refractivity contribution is 0.402. The smallest absolute Gasteiger partial charge is 0.140 e. The maximum Gasteiger partial charge on any atom is 0.140 e. The number of nitrogens with zero attached hydrogens (tertiary/aromatic N) is 4. The lowest BCUT2D eigenvalue weighted by atomic mass is 10.1. The van der Waals surface area contributed by atoms with Crippen LogP contribution < -0.4 is 0 Å². The first-order valence-electron chi connectivity index (χ1n) is 9.37. The van der Waals surface area contributed by atoms with Gasteiger partial charge in [-0.1, -0.05) is 0 Å². The Bertz CT molecular complexity index is 1020. The molecule has 3 aromatic rings. The van der Waals surface area contributed by atoms with Crippen LogP contribution in [0.1, 0.15) is 59.6 Å². The van der Waals surface area contributed by atoms with Gasteiger partial charge in [-0.15, -0.1) is 0 Å². The van der Waals surface area contributed by atoms with Crippen LogP contribution >= 0.6 is 0 Å². The van der Waals surface area contributed by atoms with Crippen LogP contribution in [-0.2, 0) is 11.1 Å². The minimum absolute atomic E-state index is 0.0154. The quantitative estimate of drug-likeness (QED) is 0.508. The Morgan fingerprint density at radius 2 is 1.67 bits per heavy atom. The minimum Gasteiger partial charge on any atom is -0.327 e. The lowest BCUT2D eigenvalue weighted by Gasteiger charge is -2.23. The molecule has 4 nitrogen and oxygen atoms in total. The zero-order valence-electron chi connectivity index (χ0n) is 17.5. The summed E-state index contributed by atoms with van der Waals surface area (Å²) in [5.41, 5.74) is 4.35. The second-order valence-corrected chi connectivity index (χ2v) is 9.11. The van der Waals surface area contributed by atoms with E-state index in [1.165, 1.54) is 0 Å². The molecule has 142 valence electrons. The molecular weight excluding hydrogens is 332 g/mol. The summed E-state index contributed by atoms with van der Waals surface area (Å²) in [5.74, 6) is 0.898. The van der Waals surface area contributed by atoms with Gasteiger partial charge in [0.2, 0.25) is 0 Å². The normalized spacial score (nSPS) is 13.4. The van der Waals surface area contributed by atoms with Crippen molar-refractivity contribution in [2.24, 2.45) is 4.99 Å². The van der Waals surface area contributed by atoms with E-state index in [1.807, 2.05) is 6.20 Å². The molecule has 0 atom stereocenters. The number of hydrogen-bond acceptors (Lipinski definition) is 2. The monoisotopic (exact) mass is 362 g/mol. The highest BCUT2D eigenvalue weighted by Gasteiger charge is 2.18. The van der Waals surface area contributed by atoms with Gasteiger partial charge in [0.1, 0.15) is 11.5 Å². The van der Waals surface area contributed by atoms with Crippen molar-refractivity contribution >= 4 is 35.2 Å². The van der Waals surface area contributed by atoms with Crippen molar-refractivity contribution in [3.8, 4) is 0 Å². The molecule has 0 fully saturated rings. The fraction of sp³-hybridized carbons (Fsp3) is 0.391. The van der Waals surface area contributed by atoms with Gasteiger partial charge in [0, 0.05) is 40.6 Å². The third kappa shape index (κ3) is 3.61. The number of hydrogen-bond donors (Lipinski definition) is 0. The maximum atomic E-state index is 4.74. The van der Waals surface area contributed by atoms with Crippen LogP contribution in [0.3, 0.4) is 0 Å². The third-order valence-corrected chi connectivity index (χ3v) is 4.84. The third-order valence-electron chi connectivity index (χ3n) is 4.84. The number of aliphatic imine (C=N–C) groups is 1. The average Bonchev–Trinajstić information content (AvgIpc) is 3.16. The summed E-state index contributed by atoms with van der Waals surface area (Å²) in [5, 5.41) is 1.16. The molecule has 3 heterocycles. The first-order chi connectivity index (χ1) is 12.5. The Morgan fingerprint density at radius 3 is 2.26 bits per heavy atom. The average molecular weight is 363 g/mol. The second kappa shape index (κ2) is 6.52. The molecular formula is C23H30N4. The molecule has 0 saturated carbocycles. The van der Waals surface area contributed by atoms with Crippen LogP contribution in [0, 0.1) is 0 Å². The van der Waals surface area contributed by atoms with Gasteiger partial charge in [-0.25, -0.2) is 9.98 Å². The van der Waals surface area contributed by atoms with Crippen molar-refractivity contribution in [1.29, 1.82) is 0 Å². The van der Waals surface area contributed by atoms with E-state index >= 15 is 0 Å². The van der Waals surface area contributed by atoms with Gasteiger partial charge >= 0.3 is 0 Å². The first kappa shape index (κ1) is 19.2. The summed E-state index contributed by atoms with van der Waals surface area (Å²) < 4.78 is 4.37. The van der Waals surface area contributed by atoms with Crippen LogP contribution in [0.15, 0.2) is 41.8 Å². The van der Waals surface area contributed by atoms with Crippen LogP contribution in [0.25, 0.3) is 22.7 Å². The zero-order chi connectivity index (χ0) is 20.0. The van der Waals surface area contributed by atoms with E-state index in [2.05, 4.69) is 106 Å². The Balaban J connectivity index is 2.02. The van der Waals surface area contributed by atoms with Gasteiger partial charge in [0.15, 0.2) is 0 Å². The Kier molecular flexibility index (Phi) is 4.62. The molecule has 0 radical (unpaired) electrons. The van der Waals surface area contributed by atoms with Gasteiger partial charge in [-0.2, -0.15) is 0 Å². The molecule has 3 aromatic heterocycles. The van der Waals surface area contributed by atoms with Gasteiger partial charge < -0.3 is 9.13 Å². The van der Waals surface area contributed by atoms with Crippen molar-refractivity contribution in [3.05, 3.63) is 47.9 Å². The topological polar surface area (TPSA) is 35.1 Å². The van der Waals surface area contributed by atoms with Gasteiger partial charge in [-0.3, -0.25) is 0 Å². The van der Waals surface area contributed by atoms with Crippen LogP contribution in [0.2, 0.25) is 0 Å². The molecule has 0 aliphatic carbocycles. The van der Waals surface area contributed by atoms with E-state index in [9.17, 15) is 0 Å². The van der Waals surface area contributed by atoms with Crippen molar-refractivity contribution in [2.75, 3.05) is 0 Å². The Hall–Kier alpha value is -2.62. The van der Waals surface area contributed by atoms with Crippen molar-refractivity contribution in [2.45, 2.75) is 59.5 Å². The highest BCUT2D eigenvalue weighted by Crippen LogP contribution is 2.31. The molecule has 27 heavy (non-hydrogen) atoms. The Labute approximate surface area is 162 Å². The van der Waals surface area contributed by atoms with Crippen molar-refractivity contribution in [3.63, 3.8) is 0 Å². The molecule has 0 saturated heterocycles. The molecule has 0 aliphatic heterocycles. The summed E-state index contributed by atoms with van der Waals surface area (Å²) in [7, 11) is 0. The van der Waals surface area contributed by atoms with Gasteiger partial charge in [0.05, 0.1) is 0 Å². The predicted molar refractivity (Wildman–Crippen MR) is 117 cm³/mol. The molecule has 0 unspecified atom stereocenters. The summed E-state index contributed by atoms with van der Waals surface area (Å²) in [6.07, 6.45) is 8.31. The first-order valence-corrected chi connectivity index (χ1v) is 9.37. The highest BCUT2D eigenvalue weighted by molar-refractivity contribution is 5.87. The summed E-state index contributed by atoms with van der Waals surface area (Å²) in [4.78, 5) is 9.01. The number of allylic oxidation sites excluding steroid dienone is 1. The van der Waals surface area contributed by atoms with E-state index < -0.39 is 0 Å². The van der Waals surface area contributed by atoms with E-state index in [4.69, 9.17) is 4.98 Å². The molecule has 0 aliphatic rings. The molecule has 3 rings (SSSR count). The standard InChI is InChI=1S/C23H30N4/c1-16(13-17-9-11-26(20(17)24-8)22(2,3)4)19-14-18-10-12-27(23(5,6)7)21(18)25-15-19/h9-15H,8H2,1-7H3/b16-13+. The van der Waals surface area contributed by atoms with Crippen LogP contribution in [0.4, 0.5) is 5.82 Å². The van der Waals surface area contributed by atoms with Crippen LogP contribution in [-0.4, -0.2) is 20.8 Å². The summed E-state index contributed by atoms with van der Waals surface area (Å²) in [6, 6.07) is 6.44. The molecule has 4 heteroatoms. The largest absolute Gasteiger partial charge is 0.327 e. The summed E-state index contributed by atoms with van der Waals surface area (Å²) in [6.45, 7) is 19.0. The molecule has 0 aromatic carbocycles. The molecule has 0 spiro atoms. The van der Waals surface area contributed by atoms with Gasteiger partial charge in [0.25, 0.3) is 0 Å². The summed E-state index contributed by atoms with van der Waals surface area (Å²) >= 11 is 0. The fourth-order valence-electron chi connectivity index (χ4n) is 3.36. The molecule has 0 amide bonds. The highest BCUT2D eigenvalue weighted by atomic mass is 15.1. The SMILES string of the molecule is C=Nc1c(/C=C(\C)c2cnc3c(ccn3C(C)(C)C)c2)ccn1C(C)(C)C. The van der Waals surface area contributed by atoms with E-state index in [1.54, 1.807) is 0 Å². The second-order valence-electron chi connectivity index (χ2n) is 9.11. The maximum absolute atomic E-state index is 4.74. The van der Waals surface area contributed by atoms with E-state index in [-0.39, 0.29) is 11.1 Å². The lowest BCUT2D eigenvalue weighted by Crippen LogP contribution is -2.20. The van der Waals surface area contributed by atoms with Gasteiger partial charge in [-0.05, 0) is 90.6 Å². The molecule has 0 bridgehead atoms. The molecule has 0 N–H and O–H groups in total. The van der Waals surface area contributed by atoms with Crippen molar-refractivity contribution < 1.29 is 0 Å².